The molecule has 3 aromatic rings. The molecule has 0 N–H and O–H groups in total. The zero-order chi connectivity index (χ0) is 16.9. The third kappa shape index (κ3) is 4.26. The van der Waals surface area contributed by atoms with Crippen molar-refractivity contribution in [1.82, 2.24) is 14.8 Å². The van der Waals surface area contributed by atoms with Gasteiger partial charge in [0.05, 0.1) is 11.9 Å². The Kier molecular flexibility index (Phi) is 5.00. The Morgan fingerprint density at radius 1 is 1.33 bits per heavy atom. The first-order chi connectivity index (χ1) is 11.6. The van der Waals surface area contributed by atoms with Gasteiger partial charge < -0.3 is 4.74 Å². The minimum atomic E-state index is -0.296. The molecule has 2 heterocycles. The van der Waals surface area contributed by atoms with Gasteiger partial charge >= 0.3 is 5.97 Å². The van der Waals surface area contributed by atoms with Crippen molar-refractivity contribution < 1.29 is 13.9 Å². The number of ether oxygens (including phenoxy) is 1. The first-order valence-corrected chi connectivity index (χ1v) is 8.31. The Bertz CT molecular complexity index is 826. The van der Waals surface area contributed by atoms with Crippen LogP contribution in [0.4, 0.5) is 4.39 Å². The molecule has 24 heavy (non-hydrogen) atoms. The Labute approximate surface area is 142 Å². The number of rotatable bonds is 6. The van der Waals surface area contributed by atoms with Gasteiger partial charge in [-0.05, 0) is 24.1 Å². The molecule has 3 rings (SSSR count). The molecule has 0 spiro atoms. The minimum Gasteiger partial charge on any atom is -0.459 e. The second kappa shape index (κ2) is 7.35. The minimum absolute atomic E-state index is 0.152. The molecule has 7 heteroatoms. The molecule has 124 valence electrons. The average molecular weight is 345 g/mol. The molecule has 0 aliphatic carbocycles. The van der Waals surface area contributed by atoms with Crippen molar-refractivity contribution in [3.8, 4) is 10.6 Å². The van der Waals surface area contributed by atoms with Gasteiger partial charge in [0.25, 0.3) is 0 Å². The van der Waals surface area contributed by atoms with Crippen LogP contribution in [0.5, 0.6) is 0 Å². The van der Waals surface area contributed by atoms with E-state index in [1.165, 1.54) is 23.5 Å². The molecule has 0 bridgehead atoms. The molecule has 2 aromatic heterocycles. The highest BCUT2D eigenvalue weighted by Crippen LogP contribution is 2.23. The number of benzene rings is 1. The fourth-order valence-corrected chi connectivity index (χ4v) is 2.94. The molecule has 5 nitrogen and oxygen atoms in total. The van der Waals surface area contributed by atoms with Gasteiger partial charge in [-0.3, -0.25) is 9.48 Å². The van der Waals surface area contributed by atoms with Gasteiger partial charge in [0.1, 0.15) is 17.4 Å². The fraction of sp³-hybridized carbons (Fsp3) is 0.235. The molecule has 0 aliphatic heterocycles. The van der Waals surface area contributed by atoms with Crippen molar-refractivity contribution >= 4 is 17.3 Å². The van der Waals surface area contributed by atoms with Crippen LogP contribution in [0.1, 0.15) is 17.7 Å². The number of carbonyl (C=O) groups excluding carboxylic acids is 1. The predicted octanol–water partition coefficient (Wildman–Crippen LogP) is 3.36. The van der Waals surface area contributed by atoms with Gasteiger partial charge in [-0.2, -0.15) is 5.10 Å². The van der Waals surface area contributed by atoms with Crippen molar-refractivity contribution in [2.24, 2.45) is 7.05 Å². The van der Waals surface area contributed by atoms with E-state index in [4.69, 9.17) is 4.74 Å². The van der Waals surface area contributed by atoms with Crippen molar-refractivity contribution in [1.29, 1.82) is 0 Å². The van der Waals surface area contributed by atoms with E-state index < -0.39 is 0 Å². The highest BCUT2D eigenvalue weighted by molar-refractivity contribution is 7.13. The van der Waals surface area contributed by atoms with E-state index in [2.05, 4.69) is 10.1 Å². The number of aromatic nitrogens is 3. The summed E-state index contributed by atoms with van der Waals surface area (Å²) in [5.74, 6) is -0.579. The van der Waals surface area contributed by atoms with E-state index >= 15 is 0 Å². The smallest absolute Gasteiger partial charge is 0.306 e. The lowest BCUT2D eigenvalue weighted by molar-refractivity contribution is -0.145. The largest absolute Gasteiger partial charge is 0.459 e. The number of hydrogen-bond donors (Lipinski definition) is 0. The van der Waals surface area contributed by atoms with Crippen LogP contribution in [0, 0.1) is 5.82 Å². The van der Waals surface area contributed by atoms with E-state index in [0.29, 0.717) is 12.1 Å². The second-order valence-corrected chi connectivity index (χ2v) is 6.19. The van der Waals surface area contributed by atoms with E-state index in [1.807, 2.05) is 18.6 Å². The molecule has 0 radical (unpaired) electrons. The van der Waals surface area contributed by atoms with E-state index in [0.717, 1.165) is 16.1 Å². The highest BCUT2D eigenvalue weighted by atomic mass is 32.1. The predicted molar refractivity (Wildman–Crippen MR) is 88.8 cm³/mol. The van der Waals surface area contributed by atoms with Crippen molar-refractivity contribution in [2.75, 3.05) is 0 Å². The SMILES string of the molecule is Cn1cc(-c2nc(COC(=O)CCc3ccc(F)cc3)cs2)cn1. The van der Waals surface area contributed by atoms with E-state index in [9.17, 15) is 9.18 Å². The summed E-state index contributed by atoms with van der Waals surface area (Å²) in [6.07, 6.45) is 4.41. The summed E-state index contributed by atoms with van der Waals surface area (Å²) in [6.45, 7) is 0.152. The van der Waals surface area contributed by atoms with Gasteiger partial charge in [-0.25, -0.2) is 9.37 Å². The topological polar surface area (TPSA) is 57.0 Å². The maximum Gasteiger partial charge on any atom is 0.306 e. The number of thiazole rings is 1. The summed E-state index contributed by atoms with van der Waals surface area (Å²) >= 11 is 1.49. The van der Waals surface area contributed by atoms with Crippen LogP contribution in [0.3, 0.4) is 0 Å². The molecular formula is C17H16FN3O2S. The summed E-state index contributed by atoms with van der Waals surface area (Å²) in [6, 6.07) is 6.11. The number of esters is 1. The molecule has 1 aromatic carbocycles. The lowest BCUT2D eigenvalue weighted by Crippen LogP contribution is -2.06. The molecule has 0 saturated carbocycles. The summed E-state index contributed by atoms with van der Waals surface area (Å²) in [4.78, 5) is 16.2. The van der Waals surface area contributed by atoms with Gasteiger partial charge in [-0.1, -0.05) is 12.1 Å². The van der Waals surface area contributed by atoms with Crippen molar-refractivity contribution in [3.05, 3.63) is 59.1 Å². The normalized spacial score (nSPS) is 10.8. The zero-order valence-corrected chi connectivity index (χ0v) is 13.9. The first-order valence-electron chi connectivity index (χ1n) is 7.43. The molecule has 0 saturated heterocycles. The van der Waals surface area contributed by atoms with Crippen molar-refractivity contribution in [3.63, 3.8) is 0 Å². The number of aryl methyl sites for hydroxylation is 2. The maximum atomic E-state index is 12.8. The van der Waals surface area contributed by atoms with Crippen LogP contribution in [0.25, 0.3) is 10.6 Å². The van der Waals surface area contributed by atoms with E-state index in [-0.39, 0.29) is 24.8 Å². The van der Waals surface area contributed by atoms with Crippen LogP contribution in [-0.2, 0) is 29.6 Å². The standard InChI is InChI=1S/C17H16FN3O2S/c1-21-9-13(8-19-21)17-20-15(11-24-17)10-23-16(22)7-4-12-2-5-14(18)6-3-12/h2-3,5-6,8-9,11H,4,7,10H2,1H3. The molecule has 0 amide bonds. The Morgan fingerprint density at radius 3 is 2.83 bits per heavy atom. The Balaban J connectivity index is 1.48. The number of carbonyl (C=O) groups is 1. The van der Waals surface area contributed by atoms with Crippen molar-refractivity contribution in [2.45, 2.75) is 19.4 Å². The molecule has 0 unspecified atom stereocenters. The average Bonchev–Trinajstić information content (AvgIpc) is 3.21. The van der Waals surface area contributed by atoms with Crippen LogP contribution >= 0.6 is 11.3 Å². The van der Waals surface area contributed by atoms with Gasteiger partial charge in [-0.15, -0.1) is 11.3 Å². The fourth-order valence-electron chi connectivity index (χ4n) is 2.16. The number of halogens is 1. The third-order valence-corrected chi connectivity index (χ3v) is 4.36. The molecule has 0 fully saturated rings. The number of nitrogens with zero attached hydrogens (tertiary/aromatic N) is 3. The van der Waals surface area contributed by atoms with Crippen LogP contribution < -0.4 is 0 Å². The quantitative estimate of drug-likeness (QED) is 0.643. The Hall–Kier alpha value is -2.54. The molecular weight excluding hydrogens is 329 g/mol. The van der Waals surface area contributed by atoms with Crippen LogP contribution in [0.15, 0.2) is 42.0 Å². The summed E-state index contributed by atoms with van der Waals surface area (Å²) < 4.78 is 19.8. The monoisotopic (exact) mass is 345 g/mol. The van der Waals surface area contributed by atoms with Crippen LogP contribution in [-0.4, -0.2) is 20.7 Å². The van der Waals surface area contributed by atoms with Gasteiger partial charge in [0.15, 0.2) is 0 Å². The summed E-state index contributed by atoms with van der Waals surface area (Å²) in [5, 5.41) is 6.83. The lowest BCUT2D eigenvalue weighted by Gasteiger charge is -2.03. The maximum absolute atomic E-state index is 12.8. The number of hydrogen-bond acceptors (Lipinski definition) is 5. The van der Waals surface area contributed by atoms with E-state index in [1.54, 1.807) is 23.0 Å². The van der Waals surface area contributed by atoms with Gasteiger partial charge in [0, 0.05) is 30.6 Å². The Morgan fingerprint density at radius 2 is 2.12 bits per heavy atom. The highest BCUT2D eigenvalue weighted by Gasteiger charge is 2.09. The first kappa shape index (κ1) is 16.3. The van der Waals surface area contributed by atoms with Gasteiger partial charge in [0.2, 0.25) is 0 Å². The summed E-state index contributed by atoms with van der Waals surface area (Å²) in [7, 11) is 1.85. The zero-order valence-electron chi connectivity index (χ0n) is 13.1. The lowest BCUT2D eigenvalue weighted by atomic mass is 10.1. The third-order valence-electron chi connectivity index (χ3n) is 3.42. The summed E-state index contributed by atoms with van der Waals surface area (Å²) in [5.41, 5.74) is 2.56. The molecule has 0 aliphatic rings. The van der Waals surface area contributed by atoms with Crippen LogP contribution in [0.2, 0.25) is 0 Å². The molecule has 0 atom stereocenters. The second-order valence-electron chi connectivity index (χ2n) is 5.33.